The van der Waals surface area contributed by atoms with E-state index in [0.29, 0.717) is 43.0 Å². The number of aliphatic carboxylic acids is 1. The maximum absolute atomic E-state index is 14.3. The number of rotatable bonds is 8. The number of hydrogen-bond acceptors (Lipinski definition) is 5. The summed E-state index contributed by atoms with van der Waals surface area (Å²) in [5.41, 5.74) is 2.62. The molecule has 4 aromatic rings. The van der Waals surface area contributed by atoms with Crippen molar-refractivity contribution >= 4 is 44.8 Å². The van der Waals surface area contributed by atoms with Crippen LogP contribution in [-0.2, 0) is 16.6 Å². The average Bonchev–Trinajstić information content (AvgIpc) is 3.52. The number of hydrogen-bond donors (Lipinski definition) is 2. The van der Waals surface area contributed by atoms with Gasteiger partial charge in [0.15, 0.2) is 0 Å². The van der Waals surface area contributed by atoms with Gasteiger partial charge >= 0.3 is 5.97 Å². The topological polar surface area (TPSA) is 71.5 Å². The minimum atomic E-state index is -1.08. The highest BCUT2D eigenvalue weighted by molar-refractivity contribution is 7.17. The Morgan fingerprint density at radius 3 is 2.80 bits per heavy atom. The summed E-state index contributed by atoms with van der Waals surface area (Å²) in [5, 5.41) is 16.3. The highest BCUT2D eigenvalue weighted by Gasteiger charge is 2.54. The Kier molecular flexibility index (Phi) is 7.21. The molecule has 208 valence electrons. The van der Waals surface area contributed by atoms with Gasteiger partial charge in [-0.3, -0.25) is 4.98 Å². The largest absolute Gasteiger partial charge is 0.492 e. The number of ether oxygens (including phenoxy) is 1. The van der Waals surface area contributed by atoms with E-state index in [9.17, 15) is 14.3 Å². The molecule has 2 aromatic heterocycles. The number of aromatic nitrogens is 1. The molecule has 1 fully saturated rings. The number of carboxylic acid groups (broad SMARTS) is 1. The van der Waals surface area contributed by atoms with Crippen LogP contribution in [0.3, 0.4) is 0 Å². The van der Waals surface area contributed by atoms with E-state index in [4.69, 9.17) is 16.3 Å². The van der Waals surface area contributed by atoms with Crippen LogP contribution in [0.15, 0.2) is 66.2 Å². The third-order valence-electron chi connectivity index (χ3n) is 8.98. The van der Waals surface area contributed by atoms with Crippen molar-refractivity contribution in [1.82, 2.24) is 4.98 Å². The first kappa shape index (κ1) is 27.0. The van der Waals surface area contributed by atoms with Crippen LogP contribution in [0.4, 0.5) is 10.1 Å². The van der Waals surface area contributed by atoms with Crippen LogP contribution in [0.5, 0.6) is 5.75 Å². The van der Waals surface area contributed by atoms with Gasteiger partial charge < -0.3 is 15.2 Å². The zero-order valence-electron chi connectivity index (χ0n) is 22.3. The fourth-order valence-electron chi connectivity index (χ4n) is 6.99. The number of halogens is 2. The molecule has 0 amide bonds. The maximum Gasteiger partial charge on any atom is 0.329 e. The first-order valence-corrected chi connectivity index (χ1v) is 15.0. The molecule has 0 aliphatic heterocycles. The number of thiophene rings is 1. The number of carbonyl (C=O) groups is 1. The van der Waals surface area contributed by atoms with Gasteiger partial charge in [0, 0.05) is 16.9 Å². The van der Waals surface area contributed by atoms with Gasteiger partial charge in [-0.2, -0.15) is 0 Å². The lowest BCUT2D eigenvalue weighted by molar-refractivity contribution is -0.144. The van der Waals surface area contributed by atoms with E-state index >= 15 is 0 Å². The molecule has 1 unspecified atom stereocenters. The van der Waals surface area contributed by atoms with Crippen molar-refractivity contribution in [2.24, 2.45) is 11.8 Å². The highest BCUT2D eigenvalue weighted by atomic mass is 35.5. The smallest absolute Gasteiger partial charge is 0.329 e. The van der Waals surface area contributed by atoms with Gasteiger partial charge in [0.25, 0.3) is 0 Å². The summed E-state index contributed by atoms with van der Waals surface area (Å²) in [7, 11) is 0. The normalized spacial score (nSPS) is 24.6. The second kappa shape index (κ2) is 10.7. The van der Waals surface area contributed by atoms with Crippen LogP contribution in [0.25, 0.3) is 10.2 Å². The van der Waals surface area contributed by atoms with Gasteiger partial charge in [-0.25, -0.2) is 9.18 Å². The van der Waals surface area contributed by atoms with Crippen LogP contribution >= 0.6 is 22.9 Å². The van der Waals surface area contributed by atoms with Crippen molar-refractivity contribution in [2.75, 3.05) is 11.9 Å². The van der Waals surface area contributed by atoms with Crippen molar-refractivity contribution in [2.45, 2.75) is 56.4 Å². The van der Waals surface area contributed by atoms with Gasteiger partial charge in [0.05, 0.1) is 16.8 Å². The quantitative estimate of drug-likeness (QED) is 0.221. The van der Waals surface area contributed by atoms with Gasteiger partial charge in [0.2, 0.25) is 0 Å². The third kappa shape index (κ3) is 4.94. The number of anilines is 1. The Hall–Kier alpha value is -3.16. The molecular weight excluding hydrogens is 547 g/mol. The van der Waals surface area contributed by atoms with Crippen molar-refractivity contribution in [1.29, 1.82) is 0 Å². The monoisotopic (exact) mass is 578 g/mol. The number of nitrogens with one attached hydrogen (secondary N) is 1. The van der Waals surface area contributed by atoms with E-state index in [1.807, 2.05) is 35.7 Å². The Bertz CT molecular complexity index is 1550. The molecule has 2 N–H and O–H groups in total. The standard InChI is InChI=1S/C32H32ClFN2O3S/c1-20(19-39-28-7-13-35-27-8-14-40-29(27)28)15-22-16-21-17-24(34)5-6-26(21)31(22)9-11-32(12-10-31,30(37)38)36-25-4-2-3-23(33)18-25/h2-8,13-14,17-18,20,22,36H,9-12,15-16,19H2,1H3,(H,37,38)/t20-,22?,31?,32?/m1/s1. The van der Waals surface area contributed by atoms with E-state index in [1.165, 1.54) is 5.56 Å². The fraction of sp³-hybridized carbons (Fsp3) is 0.375. The molecule has 1 spiro atoms. The first-order chi connectivity index (χ1) is 19.3. The van der Waals surface area contributed by atoms with Crippen LogP contribution in [0.2, 0.25) is 5.02 Å². The summed E-state index contributed by atoms with van der Waals surface area (Å²) in [6.07, 6.45) is 5.86. The molecule has 0 saturated heterocycles. The number of nitrogens with zero attached hydrogens (tertiary/aromatic N) is 1. The summed E-state index contributed by atoms with van der Waals surface area (Å²) < 4.78 is 21.6. The molecule has 0 radical (unpaired) electrons. The lowest BCUT2D eigenvalue weighted by Gasteiger charge is -2.47. The van der Waals surface area contributed by atoms with E-state index in [-0.39, 0.29) is 23.1 Å². The van der Waals surface area contributed by atoms with Gasteiger partial charge in [-0.15, -0.1) is 11.3 Å². The van der Waals surface area contributed by atoms with Gasteiger partial charge in [0.1, 0.15) is 17.1 Å². The molecule has 2 atom stereocenters. The number of fused-ring (bicyclic) bond motifs is 3. The van der Waals surface area contributed by atoms with Crippen LogP contribution in [0.1, 0.15) is 50.2 Å². The molecule has 2 aromatic carbocycles. The van der Waals surface area contributed by atoms with E-state index in [0.717, 1.165) is 34.4 Å². The molecule has 5 nitrogen and oxygen atoms in total. The predicted octanol–water partition coefficient (Wildman–Crippen LogP) is 8.11. The van der Waals surface area contributed by atoms with Crippen molar-refractivity contribution in [3.05, 3.63) is 88.1 Å². The minimum absolute atomic E-state index is 0.191. The van der Waals surface area contributed by atoms with E-state index < -0.39 is 11.5 Å². The number of carboxylic acids is 1. The Morgan fingerprint density at radius 2 is 2.02 bits per heavy atom. The Morgan fingerprint density at radius 1 is 1.20 bits per heavy atom. The summed E-state index contributed by atoms with van der Waals surface area (Å²) in [5.74, 6) is 0.325. The Labute approximate surface area is 242 Å². The molecule has 0 bridgehead atoms. The maximum atomic E-state index is 14.3. The van der Waals surface area contributed by atoms with Crippen molar-refractivity contribution < 1.29 is 19.0 Å². The summed E-state index contributed by atoms with van der Waals surface area (Å²) in [6, 6.07) is 16.3. The highest BCUT2D eigenvalue weighted by Crippen LogP contribution is 2.56. The first-order valence-electron chi connectivity index (χ1n) is 13.8. The van der Waals surface area contributed by atoms with Crippen molar-refractivity contribution in [3.63, 3.8) is 0 Å². The summed E-state index contributed by atoms with van der Waals surface area (Å²) >= 11 is 7.81. The molecule has 8 heteroatoms. The average molecular weight is 579 g/mol. The predicted molar refractivity (Wildman–Crippen MR) is 158 cm³/mol. The second-order valence-electron chi connectivity index (χ2n) is 11.5. The van der Waals surface area contributed by atoms with E-state index in [2.05, 4.69) is 17.2 Å². The lowest BCUT2D eigenvalue weighted by atomic mass is 9.59. The molecule has 6 rings (SSSR count). The molecule has 40 heavy (non-hydrogen) atoms. The fourth-order valence-corrected chi connectivity index (χ4v) is 8.00. The zero-order valence-corrected chi connectivity index (χ0v) is 23.9. The molecule has 2 aliphatic carbocycles. The zero-order chi connectivity index (χ0) is 27.9. The van der Waals surface area contributed by atoms with Crippen LogP contribution in [-0.4, -0.2) is 28.2 Å². The van der Waals surface area contributed by atoms with E-state index in [1.54, 1.807) is 41.8 Å². The molecule has 1 saturated carbocycles. The molecular formula is C32H32ClFN2O3S. The SMILES string of the molecule is C[C@@H](COc1ccnc2ccsc12)CC1Cc2cc(F)ccc2C12CCC(Nc1cccc(Cl)c1)(C(=O)O)CC2. The number of benzene rings is 2. The van der Waals surface area contributed by atoms with Gasteiger partial charge in [-0.05, 0) is 115 Å². The van der Waals surface area contributed by atoms with Crippen LogP contribution < -0.4 is 10.1 Å². The minimum Gasteiger partial charge on any atom is -0.492 e. The van der Waals surface area contributed by atoms with Crippen molar-refractivity contribution in [3.8, 4) is 5.75 Å². The lowest BCUT2D eigenvalue weighted by Crippen LogP contribution is -2.53. The summed E-state index contributed by atoms with van der Waals surface area (Å²) in [4.78, 5) is 17.0. The molecule has 2 heterocycles. The Balaban J connectivity index is 1.22. The molecule has 2 aliphatic rings. The van der Waals surface area contributed by atoms with Crippen LogP contribution in [0, 0.1) is 17.7 Å². The third-order valence-corrected chi connectivity index (χ3v) is 10.1. The number of pyridine rings is 1. The van der Waals surface area contributed by atoms with Gasteiger partial charge in [-0.1, -0.05) is 30.7 Å². The second-order valence-corrected chi connectivity index (χ2v) is 12.8. The summed E-state index contributed by atoms with van der Waals surface area (Å²) in [6.45, 7) is 2.78.